The Morgan fingerprint density at radius 2 is 1.16 bits per heavy atom. The topological polar surface area (TPSA) is 40.1 Å². The van der Waals surface area contributed by atoms with Crippen molar-refractivity contribution in [3.8, 4) is 0 Å². The first-order chi connectivity index (χ1) is 8.85. The molecule has 0 N–H and O–H groups in total. The predicted octanol–water partition coefficient (Wildman–Crippen LogP) is 2.98. The zero-order valence-corrected chi connectivity index (χ0v) is 13.8. The van der Waals surface area contributed by atoms with Gasteiger partial charge in [0, 0.05) is 5.97 Å². The molecular weight excluding hydrogens is 238 g/mol. The molecule has 0 amide bonds. The number of aliphatic carboxylic acids is 1. The van der Waals surface area contributed by atoms with Gasteiger partial charge < -0.3 is 14.4 Å². The molecule has 0 aromatic rings. The lowest BCUT2D eigenvalue weighted by Crippen LogP contribution is -2.41. The molecule has 0 aliphatic carbocycles. The quantitative estimate of drug-likeness (QED) is 0.453. The number of rotatable bonds is 10. The Morgan fingerprint density at radius 3 is 1.42 bits per heavy atom. The van der Waals surface area contributed by atoms with Crippen LogP contribution >= 0.6 is 0 Å². The van der Waals surface area contributed by atoms with Gasteiger partial charge in [0.2, 0.25) is 0 Å². The minimum atomic E-state index is -1.08. The highest BCUT2D eigenvalue weighted by atomic mass is 16.4. The molecule has 0 heterocycles. The second-order valence-corrected chi connectivity index (χ2v) is 6.00. The van der Waals surface area contributed by atoms with Crippen LogP contribution in [0.25, 0.3) is 0 Å². The van der Waals surface area contributed by atoms with Gasteiger partial charge in [0.05, 0.1) is 27.2 Å². The highest BCUT2D eigenvalue weighted by Gasteiger charge is 2.13. The summed E-state index contributed by atoms with van der Waals surface area (Å²) in [7, 11) is 4.77. The molecule has 3 heteroatoms. The molecule has 0 radical (unpaired) electrons. The molecule has 0 fully saturated rings. The lowest BCUT2D eigenvalue weighted by molar-refractivity contribution is -0.890. The summed E-state index contributed by atoms with van der Waals surface area (Å²) in [6.45, 7) is 8.27. The fourth-order valence-corrected chi connectivity index (χ4v) is 2.05. The van der Waals surface area contributed by atoms with Crippen LogP contribution in [0.5, 0.6) is 0 Å². The summed E-state index contributed by atoms with van der Waals surface area (Å²) in [5.41, 5.74) is 0. The zero-order valence-electron chi connectivity index (χ0n) is 13.8. The second kappa shape index (κ2) is 13.9. The summed E-state index contributed by atoms with van der Waals surface area (Å²) in [6, 6.07) is 0. The normalized spacial score (nSPS) is 10.8. The maximum atomic E-state index is 8.89. The Bertz CT molecular complexity index is 185. The minimum Gasteiger partial charge on any atom is -0.550 e. The van der Waals surface area contributed by atoms with Crippen LogP contribution < -0.4 is 5.11 Å². The molecule has 0 aliphatic rings. The van der Waals surface area contributed by atoms with E-state index in [-0.39, 0.29) is 0 Å². The van der Waals surface area contributed by atoms with Gasteiger partial charge in [0.25, 0.3) is 0 Å². The van der Waals surface area contributed by atoms with Crippen molar-refractivity contribution in [3.05, 3.63) is 0 Å². The van der Waals surface area contributed by atoms with Gasteiger partial charge in [-0.1, -0.05) is 39.5 Å². The number of quaternary nitrogens is 1. The first-order valence-electron chi connectivity index (χ1n) is 7.85. The van der Waals surface area contributed by atoms with E-state index in [2.05, 4.69) is 27.9 Å². The van der Waals surface area contributed by atoms with Crippen molar-refractivity contribution in [2.75, 3.05) is 27.2 Å². The van der Waals surface area contributed by atoms with Crippen molar-refractivity contribution in [1.82, 2.24) is 0 Å². The van der Waals surface area contributed by atoms with E-state index in [4.69, 9.17) is 9.90 Å². The largest absolute Gasteiger partial charge is 0.550 e. The molecule has 116 valence electrons. The Morgan fingerprint density at radius 1 is 0.842 bits per heavy atom. The first-order valence-corrected chi connectivity index (χ1v) is 7.85. The van der Waals surface area contributed by atoms with E-state index in [0.717, 1.165) is 6.92 Å². The number of carbonyl (C=O) groups is 1. The maximum absolute atomic E-state index is 8.89. The third-order valence-corrected chi connectivity index (χ3v) is 3.23. The van der Waals surface area contributed by atoms with Gasteiger partial charge in [-0.2, -0.15) is 0 Å². The fraction of sp³-hybridized carbons (Fsp3) is 0.938. The summed E-state index contributed by atoms with van der Waals surface area (Å²) in [5.74, 6) is -1.08. The van der Waals surface area contributed by atoms with Gasteiger partial charge in [0.1, 0.15) is 0 Å². The number of hydrogen-bond acceptors (Lipinski definition) is 2. The molecule has 0 aromatic heterocycles. The van der Waals surface area contributed by atoms with Gasteiger partial charge in [-0.15, -0.1) is 0 Å². The predicted molar refractivity (Wildman–Crippen MR) is 80.8 cm³/mol. The van der Waals surface area contributed by atoms with E-state index in [9.17, 15) is 0 Å². The SMILES string of the molecule is CC(=O)[O-].CCCCCC[N+](C)(C)CCCCCC. The van der Waals surface area contributed by atoms with Crippen molar-refractivity contribution in [1.29, 1.82) is 0 Å². The summed E-state index contributed by atoms with van der Waals surface area (Å²) in [4.78, 5) is 8.89. The van der Waals surface area contributed by atoms with Gasteiger partial charge in [-0.3, -0.25) is 0 Å². The van der Waals surface area contributed by atoms with Crippen LogP contribution in [0, 0.1) is 0 Å². The molecule has 0 aliphatic heterocycles. The number of carboxylic acids is 1. The van der Waals surface area contributed by atoms with Crippen molar-refractivity contribution in [2.24, 2.45) is 0 Å². The molecule has 0 aromatic carbocycles. The van der Waals surface area contributed by atoms with E-state index in [1.54, 1.807) is 0 Å². The lowest BCUT2D eigenvalue weighted by atomic mass is 10.1. The van der Waals surface area contributed by atoms with E-state index in [0.29, 0.717) is 0 Å². The average Bonchev–Trinajstić information content (AvgIpc) is 2.30. The van der Waals surface area contributed by atoms with Crippen LogP contribution in [0.2, 0.25) is 0 Å². The number of unbranched alkanes of at least 4 members (excludes halogenated alkanes) is 6. The van der Waals surface area contributed by atoms with E-state index in [1.807, 2.05) is 0 Å². The van der Waals surface area contributed by atoms with Crippen LogP contribution in [-0.4, -0.2) is 37.6 Å². The van der Waals surface area contributed by atoms with Crippen molar-refractivity contribution < 1.29 is 14.4 Å². The monoisotopic (exact) mass is 273 g/mol. The summed E-state index contributed by atoms with van der Waals surface area (Å²) < 4.78 is 1.23. The Hall–Kier alpha value is -0.570. The zero-order chi connectivity index (χ0) is 15.1. The average molecular weight is 273 g/mol. The van der Waals surface area contributed by atoms with Crippen molar-refractivity contribution in [3.63, 3.8) is 0 Å². The van der Waals surface area contributed by atoms with Crippen molar-refractivity contribution >= 4 is 5.97 Å². The van der Waals surface area contributed by atoms with E-state index < -0.39 is 5.97 Å². The number of nitrogens with zero attached hydrogens (tertiary/aromatic N) is 1. The van der Waals surface area contributed by atoms with Gasteiger partial charge in [-0.25, -0.2) is 0 Å². The van der Waals surface area contributed by atoms with Crippen LogP contribution in [0.3, 0.4) is 0 Å². The Labute approximate surface area is 120 Å². The molecule has 0 atom stereocenters. The fourth-order valence-electron chi connectivity index (χ4n) is 2.05. The molecule has 0 saturated heterocycles. The number of carboxylic acid groups (broad SMARTS) is 1. The Balaban J connectivity index is 0. The second-order valence-electron chi connectivity index (χ2n) is 6.00. The third-order valence-electron chi connectivity index (χ3n) is 3.23. The molecule has 0 saturated carbocycles. The molecule has 0 rings (SSSR count). The Kier molecular flexibility index (Phi) is 15.1. The summed E-state index contributed by atoms with van der Waals surface area (Å²) in [5, 5.41) is 8.89. The van der Waals surface area contributed by atoms with Crippen LogP contribution in [0.15, 0.2) is 0 Å². The summed E-state index contributed by atoms with van der Waals surface area (Å²) in [6.07, 6.45) is 11.2. The van der Waals surface area contributed by atoms with Crippen LogP contribution in [0.4, 0.5) is 0 Å². The van der Waals surface area contributed by atoms with Gasteiger partial charge in [0.15, 0.2) is 0 Å². The first kappa shape index (κ1) is 20.7. The van der Waals surface area contributed by atoms with Crippen LogP contribution in [-0.2, 0) is 4.79 Å². The van der Waals surface area contributed by atoms with Crippen molar-refractivity contribution in [2.45, 2.75) is 72.1 Å². The van der Waals surface area contributed by atoms with E-state index in [1.165, 1.54) is 68.9 Å². The maximum Gasteiger partial charge on any atom is 0.0782 e. The van der Waals surface area contributed by atoms with Gasteiger partial charge >= 0.3 is 0 Å². The molecule has 0 unspecified atom stereocenters. The lowest BCUT2D eigenvalue weighted by Gasteiger charge is -2.30. The number of carbonyl (C=O) groups excluding carboxylic acids is 1. The molecular formula is C16H35NO2. The van der Waals surface area contributed by atoms with E-state index >= 15 is 0 Å². The smallest absolute Gasteiger partial charge is 0.0782 e. The standard InChI is InChI=1S/C14H32N.C2H4O2/c1-5-7-9-11-13-15(3,4)14-12-10-8-6-2;1-2(3)4/h5-14H2,1-4H3;1H3,(H,3,4)/q+1;/p-1. The molecule has 0 spiro atoms. The highest BCUT2D eigenvalue weighted by Crippen LogP contribution is 2.08. The highest BCUT2D eigenvalue weighted by molar-refractivity contribution is 5.60. The summed E-state index contributed by atoms with van der Waals surface area (Å²) >= 11 is 0. The third kappa shape index (κ3) is 23.0. The molecule has 3 nitrogen and oxygen atoms in total. The molecule has 19 heavy (non-hydrogen) atoms. The minimum absolute atomic E-state index is 0.972. The number of hydrogen-bond donors (Lipinski definition) is 0. The molecule has 0 bridgehead atoms. The van der Waals surface area contributed by atoms with Crippen LogP contribution in [0.1, 0.15) is 72.1 Å². The van der Waals surface area contributed by atoms with Gasteiger partial charge in [-0.05, 0) is 32.6 Å².